The maximum Gasteiger partial charge on any atom is 0.295 e. The zero-order valence-corrected chi connectivity index (χ0v) is 17.4. The van der Waals surface area contributed by atoms with Crippen LogP contribution in [-0.4, -0.2) is 33.3 Å². The van der Waals surface area contributed by atoms with Gasteiger partial charge in [0.25, 0.3) is 11.7 Å². The second-order valence-corrected chi connectivity index (χ2v) is 7.29. The molecule has 1 saturated heterocycles. The molecule has 2 heterocycles. The summed E-state index contributed by atoms with van der Waals surface area (Å²) in [6, 6.07) is 14.8. The third-order valence-corrected chi connectivity index (χ3v) is 5.25. The third kappa shape index (κ3) is 4.09. The first-order valence-corrected chi connectivity index (χ1v) is 10.2. The van der Waals surface area contributed by atoms with Crippen LogP contribution in [0.2, 0.25) is 0 Å². The van der Waals surface area contributed by atoms with E-state index in [1.54, 1.807) is 48.8 Å². The van der Waals surface area contributed by atoms with Gasteiger partial charge in [-0.2, -0.15) is 0 Å². The van der Waals surface area contributed by atoms with E-state index in [0.717, 1.165) is 5.56 Å². The Morgan fingerprint density at radius 2 is 1.81 bits per heavy atom. The van der Waals surface area contributed by atoms with Crippen LogP contribution in [0.4, 0.5) is 4.39 Å². The number of ether oxygens (including phenoxy) is 1. The van der Waals surface area contributed by atoms with Gasteiger partial charge in [0.2, 0.25) is 0 Å². The van der Waals surface area contributed by atoms with Crippen molar-refractivity contribution in [3.05, 3.63) is 101 Å². The molecule has 3 aromatic rings. The Kier molecular flexibility index (Phi) is 5.98. The molecule has 1 aliphatic rings. The van der Waals surface area contributed by atoms with E-state index in [0.29, 0.717) is 23.5 Å². The monoisotopic (exact) mass is 432 g/mol. The maximum absolute atomic E-state index is 13.6. The van der Waals surface area contributed by atoms with Crippen molar-refractivity contribution in [3.63, 3.8) is 0 Å². The zero-order chi connectivity index (χ0) is 22.7. The summed E-state index contributed by atoms with van der Waals surface area (Å²) in [4.78, 5) is 31.4. The van der Waals surface area contributed by atoms with Gasteiger partial charge in [0.1, 0.15) is 17.3 Å². The van der Waals surface area contributed by atoms with Gasteiger partial charge in [-0.05, 0) is 54.4 Å². The number of likely N-dealkylation sites (tertiary alicyclic amines) is 1. The number of hydrogen-bond donors (Lipinski definition) is 1. The van der Waals surface area contributed by atoms with Crippen LogP contribution < -0.4 is 4.74 Å². The molecular formula is C25H21FN2O4. The van der Waals surface area contributed by atoms with Crippen LogP contribution in [0.1, 0.15) is 29.7 Å². The van der Waals surface area contributed by atoms with Gasteiger partial charge >= 0.3 is 0 Å². The number of carbonyl (C=O) groups is 2. The van der Waals surface area contributed by atoms with Crippen LogP contribution in [0.5, 0.6) is 5.75 Å². The number of hydrogen-bond acceptors (Lipinski definition) is 5. The van der Waals surface area contributed by atoms with Crippen LogP contribution >= 0.6 is 0 Å². The van der Waals surface area contributed by atoms with Gasteiger partial charge in [0.15, 0.2) is 0 Å². The van der Waals surface area contributed by atoms with E-state index in [-0.39, 0.29) is 17.9 Å². The number of rotatable bonds is 6. The molecule has 2 aromatic carbocycles. The minimum atomic E-state index is -0.875. The van der Waals surface area contributed by atoms with Crippen molar-refractivity contribution in [2.24, 2.45) is 0 Å². The highest BCUT2D eigenvalue weighted by Gasteiger charge is 2.46. The maximum atomic E-state index is 13.6. The van der Waals surface area contributed by atoms with Crippen LogP contribution in [0.25, 0.3) is 5.76 Å². The summed E-state index contributed by atoms with van der Waals surface area (Å²) in [5.41, 5.74) is 1.59. The molecule has 0 bridgehead atoms. The summed E-state index contributed by atoms with van der Waals surface area (Å²) >= 11 is 0. The summed E-state index contributed by atoms with van der Waals surface area (Å²) in [6.45, 7) is 2.41. The number of ketones is 1. The highest BCUT2D eigenvalue weighted by atomic mass is 19.1. The van der Waals surface area contributed by atoms with Gasteiger partial charge in [-0.15, -0.1) is 0 Å². The molecular weight excluding hydrogens is 411 g/mol. The van der Waals surface area contributed by atoms with Gasteiger partial charge in [-0.25, -0.2) is 4.39 Å². The number of amides is 1. The van der Waals surface area contributed by atoms with E-state index in [2.05, 4.69) is 4.98 Å². The Morgan fingerprint density at radius 3 is 2.50 bits per heavy atom. The molecule has 32 heavy (non-hydrogen) atoms. The first-order valence-electron chi connectivity index (χ1n) is 10.2. The lowest BCUT2D eigenvalue weighted by molar-refractivity contribution is -0.140. The van der Waals surface area contributed by atoms with Gasteiger partial charge in [-0.3, -0.25) is 14.6 Å². The van der Waals surface area contributed by atoms with Crippen molar-refractivity contribution in [2.75, 3.05) is 6.61 Å². The number of carbonyl (C=O) groups excluding carboxylic acids is 2. The number of aromatic nitrogens is 1. The Labute approximate surface area is 184 Å². The summed E-state index contributed by atoms with van der Waals surface area (Å²) in [6.07, 6.45) is 3.19. The number of halogens is 1. The van der Waals surface area contributed by atoms with Gasteiger partial charge in [-0.1, -0.05) is 24.3 Å². The second kappa shape index (κ2) is 9.01. The summed E-state index contributed by atoms with van der Waals surface area (Å²) in [7, 11) is 0. The van der Waals surface area contributed by atoms with E-state index in [4.69, 9.17) is 4.74 Å². The van der Waals surface area contributed by atoms with Crippen LogP contribution in [0.15, 0.2) is 78.6 Å². The first-order chi connectivity index (χ1) is 15.5. The largest absolute Gasteiger partial charge is 0.507 e. The van der Waals surface area contributed by atoms with Crippen LogP contribution in [0.3, 0.4) is 0 Å². The summed E-state index contributed by atoms with van der Waals surface area (Å²) in [5, 5.41) is 11.1. The predicted octanol–water partition coefficient (Wildman–Crippen LogP) is 4.24. The smallest absolute Gasteiger partial charge is 0.295 e. The van der Waals surface area contributed by atoms with Crippen molar-refractivity contribution >= 4 is 17.4 Å². The molecule has 1 aliphatic heterocycles. The fourth-order valence-electron chi connectivity index (χ4n) is 3.77. The molecule has 4 rings (SSSR count). The number of aliphatic hydroxyl groups is 1. The van der Waals surface area contributed by atoms with E-state index < -0.39 is 23.5 Å². The molecule has 6 nitrogen and oxygen atoms in total. The predicted molar refractivity (Wildman–Crippen MR) is 116 cm³/mol. The standard InChI is InChI=1S/C25H21FN2O4/c1-2-32-20-5-3-4-18(14-20)23(29)21-22(17-6-8-19(26)9-7-17)28(25(31)24(21)30)15-16-10-12-27-13-11-16/h3-14,22,29H,2,15H2,1H3/b23-21+. The van der Waals surface area contributed by atoms with Crippen LogP contribution in [-0.2, 0) is 16.1 Å². The molecule has 0 saturated carbocycles. The Balaban J connectivity index is 1.84. The van der Waals surface area contributed by atoms with Gasteiger partial charge in [0, 0.05) is 24.5 Å². The van der Waals surface area contributed by atoms with Gasteiger partial charge < -0.3 is 14.7 Å². The fourth-order valence-corrected chi connectivity index (χ4v) is 3.77. The molecule has 1 atom stereocenters. The molecule has 7 heteroatoms. The fraction of sp³-hybridized carbons (Fsp3) is 0.160. The Hall–Kier alpha value is -4.00. The van der Waals surface area contributed by atoms with Gasteiger partial charge in [0.05, 0.1) is 18.2 Å². The molecule has 1 aromatic heterocycles. The van der Waals surface area contributed by atoms with E-state index in [1.165, 1.54) is 29.2 Å². The molecule has 1 amide bonds. The number of benzene rings is 2. The normalized spacial score (nSPS) is 17.6. The third-order valence-electron chi connectivity index (χ3n) is 5.25. The number of pyridine rings is 1. The van der Waals surface area contributed by atoms with Crippen LogP contribution in [0, 0.1) is 5.82 Å². The lowest BCUT2D eigenvalue weighted by Crippen LogP contribution is -2.29. The molecule has 1 unspecified atom stereocenters. The molecule has 0 radical (unpaired) electrons. The number of aliphatic hydroxyl groups excluding tert-OH is 1. The Bertz CT molecular complexity index is 1180. The number of Topliss-reactive ketones (excluding diaryl/α,β-unsaturated/α-hetero) is 1. The summed E-state index contributed by atoms with van der Waals surface area (Å²) < 4.78 is 19.1. The Morgan fingerprint density at radius 1 is 1.09 bits per heavy atom. The van der Waals surface area contributed by atoms with Crippen molar-refractivity contribution in [1.29, 1.82) is 0 Å². The van der Waals surface area contributed by atoms with Crippen molar-refractivity contribution in [3.8, 4) is 5.75 Å². The first kappa shape index (κ1) is 21.2. The molecule has 1 N–H and O–H groups in total. The zero-order valence-electron chi connectivity index (χ0n) is 17.4. The van der Waals surface area contributed by atoms with E-state index in [1.807, 2.05) is 6.92 Å². The topological polar surface area (TPSA) is 79.7 Å². The van der Waals surface area contributed by atoms with Crippen molar-refractivity contribution < 1.29 is 23.8 Å². The lowest BCUT2D eigenvalue weighted by atomic mass is 9.95. The van der Waals surface area contributed by atoms with E-state index in [9.17, 15) is 19.1 Å². The molecule has 1 fully saturated rings. The summed E-state index contributed by atoms with van der Waals surface area (Å²) in [5.74, 6) is -1.76. The molecule has 162 valence electrons. The quantitative estimate of drug-likeness (QED) is 0.358. The van der Waals surface area contributed by atoms with E-state index >= 15 is 0 Å². The minimum absolute atomic E-state index is 0.0516. The second-order valence-electron chi connectivity index (χ2n) is 7.29. The highest BCUT2D eigenvalue weighted by molar-refractivity contribution is 6.46. The lowest BCUT2D eigenvalue weighted by Gasteiger charge is -2.25. The minimum Gasteiger partial charge on any atom is -0.507 e. The molecule has 0 aliphatic carbocycles. The van der Waals surface area contributed by atoms with Crippen molar-refractivity contribution in [2.45, 2.75) is 19.5 Å². The average molecular weight is 432 g/mol. The highest BCUT2D eigenvalue weighted by Crippen LogP contribution is 2.40. The number of nitrogens with zero attached hydrogens (tertiary/aromatic N) is 2. The molecule has 0 spiro atoms. The SMILES string of the molecule is CCOc1cccc(/C(O)=C2\C(=O)C(=O)N(Cc3ccncc3)C2c2ccc(F)cc2)c1. The average Bonchev–Trinajstić information content (AvgIpc) is 3.05. The van der Waals surface area contributed by atoms with Crippen molar-refractivity contribution in [1.82, 2.24) is 9.88 Å².